The Bertz CT molecular complexity index is 597. The molecular formula is C16H22BrN3. The highest BCUT2D eigenvalue weighted by Crippen LogP contribution is 2.32. The monoisotopic (exact) mass is 335 g/mol. The molecular weight excluding hydrogens is 314 g/mol. The lowest BCUT2D eigenvalue weighted by Crippen LogP contribution is -2.29. The summed E-state index contributed by atoms with van der Waals surface area (Å²) >= 11 is 3.66. The van der Waals surface area contributed by atoms with Gasteiger partial charge in [-0.1, -0.05) is 32.9 Å². The Hall–Kier alpha value is -1.13. The summed E-state index contributed by atoms with van der Waals surface area (Å²) in [6.45, 7) is 9.03. The minimum Gasteiger partial charge on any atom is -0.330 e. The first kappa shape index (κ1) is 15.3. The molecule has 0 saturated heterocycles. The van der Waals surface area contributed by atoms with E-state index in [1.54, 1.807) is 0 Å². The summed E-state index contributed by atoms with van der Waals surface area (Å²) < 4.78 is 3.03. The van der Waals surface area contributed by atoms with Crippen molar-refractivity contribution in [2.45, 2.75) is 39.5 Å². The normalized spacial score (nSPS) is 11.9. The zero-order valence-electron chi connectivity index (χ0n) is 12.6. The number of nitrogens with zero attached hydrogens (tertiary/aromatic N) is 2. The standard InChI is InChI=1S/C16H22BrN3/c1-5-12-6-8-13(9-7-12)20-11(2)14(17)15(19-20)16(3,4)10-18/h6-9H,5,10,18H2,1-4H3. The molecule has 2 aromatic rings. The fraction of sp³-hybridized carbons (Fsp3) is 0.438. The first-order valence-electron chi connectivity index (χ1n) is 6.95. The van der Waals surface area contributed by atoms with E-state index in [0.717, 1.165) is 28.0 Å². The molecule has 2 rings (SSSR count). The summed E-state index contributed by atoms with van der Waals surface area (Å²) in [4.78, 5) is 0. The van der Waals surface area contributed by atoms with Crippen molar-refractivity contribution in [2.24, 2.45) is 5.73 Å². The number of rotatable bonds is 4. The minimum absolute atomic E-state index is 0.141. The molecule has 0 amide bonds. The molecule has 1 heterocycles. The third-order valence-electron chi connectivity index (χ3n) is 3.78. The molecule has 0 aliphatic heterocycles. The number of aryl methyl sites for hydroxylation is 1. The van der Waals surface area contributed by atoms with Crippen molar-refractivity contribution in [3.8, 4) is 5.69 Å². The topological polar surface area (TPSA) is 43.8 Å². The molecule has 0 atom stereocenters. The third kappa shape index (κ3) is 2.67. The Labute approximate surface area is 129 Å². The Morgan fingerprint density at radius 3 is 2.35 bits per heavy atom. The Morgan fingerprint density at radius 1 is 1.25 bits per heavy atom. The molecule has 1 aromatic heterocycles. The fourth-order valence-corrected chi connectivity index (χ4v) is 2.92. The van der Waals surface area contributed by atoms with E-state index in [0.29, 0.717) is 6.54 Å². The van der Waals surface area contributed by atoms with Gasteiger partial charge in [0.05, 0.1) is 21.5 Å². The molecule has 0 bridgehead atoms. The second-order valence-electron chi connectivity index (χ2n) is 5.77. The van der Waals surface area contributed by atoms with Crippen molar-refractivity contribution in [3.63, 3.8) is 0 Å². The summed E-state index contributed by atoms with van der Waals surface area (Å²) in [5, 5.41) is 4.77. The van der Waals surface area contributed by atoms with E-state index in [2.05, 4.69) is 67.9 Å². The molecule has 20 heavy (non-hydrogen) atoms. The second kappa shape index (κ2) is 5.70. The maximum absolute atomic E-state index is 5.87. The van der Waals surface area contributed by atoms with E-state index >= 15 is 0 Å². The van der Waals surface area contributed by atoms with Crippen molar-refractivity contribution < 1.29 is 0 Å². The van der Waals surface area contributed by atoms with Gasteiger partial charge in [0.15, 0.2) is 0 Å². The molecule has 108 valence electrons. The predicted octanol–water partition coefficient (Wildman–Crippen LogP) is 3.74. The lowest BCUT2D eigenvalue weighted by Gasteiger charge is -2.20. The van der Waals surface area contributed by atoms with Crippen LogP contribution in [0.15, 0.2) is 28.7 Å². The van der Waals surface area contributed by atoms with Crippen LogP contribution in [0.1, 0.15) is 37.7 Å². The Kier molecular flexibility index (Phi) is 4.35. The van der Waals surface area contributed by atoms with Crippen molar-refractivity contribution in [1.29, 1.82) is 0 Å². The molecule has 1 aromatic carbocycles. The van der Waals surface area contributed by atoms with E-state index in [-0.39, 0.29) is 5.41 Å². The van der Waals surface area contributed by atoms with Crippen LogP contribution >= 0.6 is 15.9 Å². The van der Waals surface area contributed by atoms with Crippen molar-refractivity contribution >= 4 is 15.9 Å². The number of halogens is 1. The van der Waals surface area contributed by atoms with Gasteiger partial charge in [0.1, 0.15) is 0 Å². The van der Waals surface area contributed by atoms with Crippen LogP contribution in [0.2, 0.25) is 0 Å². The summed E-state index contributed by atoms with van der Waals surface area (Å²) in [6.07, 6.45) is 1.05. The lowest BCUT2D eigenvalue weighted by molar-refractivity contribution is 0.513. The molecule has 0 radical (unpaired) electrons. The number of nitrogens with two attached hydrogens (primary N) is 1. The van der Waals surface area contributed by atoms with Gasteiger partial charge >= 0.3 is 0 Å². The summed E-state index contributed by atoms with van der Waals surface area (Å²) in [6, 6.07) is 8.53. The number of aromatic nitrogens is 2. The summed E-state index contributed by atoms with van der Waals surface area (Å²) in [5.41, 5.74) is 10.3. The highest BCUT2D eigenvalue weighted by Gasteiger charge is 2.27. The fourth-order valence-electron chi connectivity index (χ4n) is 2.14. The van der Waals surface area contributed by atoms with Crippen LogP contribution in [-0.2, 0) is 11.8 Å². The molecule has 4 heteroatoms. The maximum Gasteiger partial charge on any atom is 0.0842 e. The predicted molar refractivity (Wildman–Crippen MR) is 87.5 cm³/mol. The lowest BCUT2D eigenvalue weighted by atomic mass is 9.89. The largest absolute Gasteiger partial charge is 0.330 e. The van der Waals surface area contributed by atoms with Gasteiger partial charge in [0, 0.05) is 12.0 Å². The number of benzene rings is 1. The van der Waals surface area contributed by atoms with Crippen LogP contribution in [0, 0.1) is 6.92 Å². The molecule has 0 aliphatic rings. The van der Waals surface area contributed by atoms with Gasteiger partial charge in [0.2, 0.25) is 0 Å². The Morgan fingerprint density at radius 2 is 1.85 bits per heavy atom. The summed E-state index contributed by atoms with van der Waals surface area (Å²) in [7, 11) is 0. The van der Waals surface area contributed by atoms with Gasteiger partial charge in [-0.3, -0.25) is 0 Å². The first-order valence-corrected chi connectivity index (χ1v) is 7.75. The third-order valence-corrected chi connectivity index (χ3v) is 4.73. The van der Waals surface area contributed by atoms with Gasteiger partial charge in [-0.15, -0.1) is 0 Å². The van der Waals surface area contributed by atoms with Crippen molar-refractivity contribution in [1.82, 2.24) is 9.78 Å². The van der Waals surface area contributed by atoms with Gasteiger partial charge in [-0.25, -0.2) is 4.68 Å². The summed E-state index contributed by atoms with van der Waals surface area (Å²) in [5.74, 6) is 0. The molecule has 0 aliphatic carbocycles. The Balaban J connectivity index is 2.50. The zero-order chi connectivity index (χ0) is 14.9. The molecule has 0 spiro atoms. The highest BCUT2D eigenvalue weighted by atomic mass is 79.9. The van der Waals surface area contributed by atoms with E-state index in [9.17, 15) is 0 Å². The van der Waals surface area contributed by atoms with E-state index in [1.165, 1.54) is 5.56 Å². The quantitative estimate of drug-likeness (QED) is 0.924. The smallest absolute Gasteiger partial charge is 0.0842 e. The second-order valence-corrected chi connectivity index (χ2v) is 6.56. The van der Waals surface area contributed by atoms with Crippen LogP contribution in [0.3, 0.4) is 0 Å². The van der Waals surface area contributed by atoms with Gasteiger partial charge < -0.3 is 5.73 Å². The van der Waals surface area contributed by atoms with Crippen molar-refractivity contribution in [2.75, 3.05) is 6.54 Å². The SMILES string of the molecule is CCc1ccc(-n2nc(C(C)(C)CN)c(Br)c2C)cc1. The van der Waals surface area contributed by atoms with Crippen LogP contribution < -0.4 is 5.73 Å². The van der Waals surface area contributed by atoms with Crippen molar-refractivity contribution in [3.05, 3.63) is 45.7 Å². The maximum atomic E-state index is 5.87. The first-order chi connectivity index (χ1) is 9.40. The van der Waals surface area contributed by atoms with Crippen LogP contribution in [0.25, 0.3) is 5.69 Å². The molecule has 0 unspecified atom stereocenters. The molecule has 3 nitrogen and oxygen atoms in total. The number of hydrogen-bond donors (Lipinski definition) is 1. The molecule has 0 fully saturated rings. The van der Waals surface area contributed by atoms with Gasteiger partial charge in [-0.2, -0.15) is 5.10 Å². The zero-order valence-corrected chi connectivity index (χ0v) is 14.2. The van der Waals surface area contributed by atoms with Crippen LogP contribution in [-0.4, -0.2) is 16.3 Å². The van der Waals surface area contributed by atoms with E-state index < -0.39 is 0 Å². The highest BCUT2D eigenvalue weighted by molar-refractivity contribution is 9.10. The van der Waals surface area contributed by atoms with E-state index in [4.69, 9.17) is 10.8 Å². The average Bonchev–Trinajstić information content (AvgIpc) is 2.76. The van der Waals surface area contributed by atoms with Crippen LogP contribution in [0.5, 0.6) is 0 Å². The average molecular weight is 336 g/mol. The van der Waals surface area contributed by atoms with Crippen LogP contribution in [0.4, 0.5) is 0 Å². The van der Waals surface area contributed by atoms with Gasteiger partial charge in [0.25, 0.3) is 0 Å². The van der Waals surface area contributed by atoms with Gasteiger partial charge in [-0.05, 0) is 47.0 Å². The number of hydrogen-bond acceptors (Lipinski definition) is 2. The molecule has 2 N–H and O–H groups in total. The molecule has 0 saturated carbocycles. The van der Waals surface area contributed by atoms with E-state index in [1.807, 2.05) is 4.68 Å². The minimum atomic E-state index is -0.141.